The summed E-state index contributed by atoms with van der Waals surface area (Å²) in [6, 6.07) is -0.209. The number of aliphatic carboxylic acids is 1. The third-order valence-electron chi connectivity index (χ3n) is 2.95. The van der Waals surface area contributed by atoms with Crippen molar-refractivity contribution in [2.24, 2.45) is 5.41 Å². The molecular weight excluding hydrogens is 258 g/mol. The van der Waals surface area contributed by atoms with Crippen molar-refractivity contribution in [3.63, 3.8) is 0 Å². The van der Waals surface area contributed by atoms with Gasteiger partial charge in [-0.15, -0.1) is 5.10 Å². The molecule has 0 saturated carbocycles. The van der Waals surface area contributed by atoms with Crippen LogP contribution in [0.15, 0.2) is 0 Å². The van der Waals surface area contributed by atoms with Crippen molar-refractivity contribution in [1.82, 2.24) is 25.1 Å². The fourth-order valence-corrected chi connectivity index (χ4v) is 2.14. The van der Waals surface area contributed by atoms with Gasteiger partial charge in [0.05, 0.1) is 12.5 Å². The molecule has 0 aliphatic heterocycles. The zero-order valence-electron chi connectivity index (χ0n) is 13.0. The number of aromatic nitrogens is 4. The molecule has 0 radical (unpaired) electrons. The monoisotopic (exact) mass is 283 g/mol. The second-order valence-electron chi connectivity index (χ2n) is 6.61. The number of rotatable bonds is 7. The van der Waals surface area contributed by atoms with E-state index in [0.29, 0.717) is 6.42 Å². The highest BCUT2D eigenvalue weighted by atomic mass is 16.4. The zero-order chi connectivity index (χ0) is 15.3. The number of tetrazole rings is 1. The number of hydrogen-bond acceptors (Lipinski definition) is 5. The molecule has 7 heteroatoms. The summed E-state index contributed by atoms with van der Waals surface area (Å²) in [7, 11) is 3.97. The third-order valence-corrected chi connectivity index (χ3v) is 2.95. The molecule has 0 bridgehead atoms. The third kappa shape index (κ3) is 5.64. The van der Waals surface area contributed by atoms with Crippen LogP contribution >= 0.6 is 0 Å². The highest BCUT2D eigenvalue weighted by Crippen LogP contribution is 2.29. The molecule has 7 nitrogen and oxygen atoms in total. The molecule has 0 fully saturated rings. The maximum Gasteiger partial charge on any atom is 0.305 e. The van der Waals surface area contributed by atoms with Crippen molar-refractivity contribution < 1.29 is 9.90 Å². The molecule has 114 valence electrons. The Bertz CT molecular complexity index is 436. The molecular formula is C13H25N5O2. The Labute approximate surface area is 120 Å². The van der Waals surface area contributed by atoms with E-state index in [1.165, 1.54) is 0 Å². The highest BCUT2D eigenvalue weighted by Gasteiger charge is 2.25. The van der Waals surface area contributed by atoms with Gasteiger partial charge in [0.2, 0.25) is 0 Å². The van der Waals surface area contributed by atoms with E-state index in [9.17, 15) is 4.79 Å². The summed E-state index contributed by atoms with van der Waals surface area (Å²) in [5, 5.41) is 20.8. The molecule has 1 unspecified atom stereocenters. The molecule has 1 aromatic rings. The highest BCUT2D eigenvalue weighted by molar-refractivity contribution is 5.67. The average molecular weight is 283 g/mol. The van der Waals surface area contributed by atoms with Gasteiger partial charge in [0.15, 0.2) is 5.82 Å². The molecule has 0 amide bonds. The van der Waals surface area contributed by atoms with E-state index < -0.39 is 5.97 Å². The van der Waals surface area contributed by atoms with Gasteiger partial charge in [-0.05, 0) is 36.4 Å². The van der Waals surface area contributed by atoms with Crippen molar-refractivity contribution in [3.8, 4) is 0 Å². The van der Waals surface area contributed by atoms with E-state index in [0.717, 1.165) is 18.8 Å². The number of carbonyl (C=O) groups is 1. The Balaban J connectivity index is 2.90. The van der Waals surface area contributed by atoms with Gasteiger partial charge in [-0.2, -0.15) is 0 Å². The zero-order valence-corrected chi connectivity index (χ0v) is 13.0. The van der Waals surface area contributed by atoms with Crippen LogP contribution in [0.5, 0.6) is 0 Å². The molecule has 1 heterocycles. The van der Waals surface area contributed by atoms with Crippen LogP contribution in [0.3, 0.4) is 0 Å². The molecule has 1 atom stereocenters. The minimum atomic E-state index is -0.826. The van der Waals surface area contributed by atoms with Crippen LogP contribution < -0.4 is 0 Å². The van der Waals surface area contributed by atoms with Crippen molar-refractivity contribution >= 4 is 5.97 Å². The average Bonchev–Trinajstić information content (AvgIpc) is 2.70. The first-order valence-electron chi connectivity index (χ1n) is 6.82. The quantitative estimate of drug-likeness (QED) is 0.810. The van der Waals surface area contributed by atoms with Crippen LogP contribution in [0.1, 0.15) is 45.5 Å². The molecule has 0 saturated heterocycles. The van der Waals surface area contributed by atoms with Gasteiger partial charge in [-0.25, -0.2) is 4.68 Å². The molecule has 20 heavy (non-hydrogen) atoms. The van der Waals surface area contributed by atoms with E-state index in [2.05, 4.69) is 41.2 Å². The topological polar surface area (TPSA) is 84.1 Å². The molecule has 0 aliphatic rings. The van der Waals surface area contributed by atoms with E-state index in [-0.39, 0.29) is 17.9 Å². The molecule has 0 aromatic carbocycles. The smallest absolute Gasteiger partial charge is 0.305 e. The maximum atomic E-state index is 11.1. The fourth-order valence-electron chi connectivity index (χ4n) is 2.14. The summed E-state index contributed by atoms with van der Waals surface area (Å²) in [6.45, 7) is 7.10. The van der Waals surface area contributed by atoms with Gasteiger partial charge < -0.3 is 10.0 Å². The normalized spacial score (nSPS) is 13.7. The van der Waals surface area contributed by atoms with Crippen molar-refractivity contribution in [2.75, 3.05) is 20.6 Å². The van der Waals surface area contributed by atoms with Gasteiger partial charge in [0.1, 0.15) is 0 Å². The van der Waals surface area contributed by atoms with E-state index in [1.54, 1.807) is 4.68 Å². The first-order chi connectivity index (χ1) is 9.19. The molecule has 1 aromatic heterocycles. The van der Waals surface area contributed by atoms with Gasteiger partial charge in [-0.3, -0.25) is 4.79 Å². The van der Waals surface area contributed by atoms with E-state index in [1.807, 2.05) is 14.1 Å². The minimum absolute atomic E-state index is 0.0187. The summed E-state index contributed by atoms with van der Waals surface area (Å²) in [6.07, 6.45) is 1.47. The van der Waals surface area contributed by atoms with Crippen LogP contribution in [0.4, 0.5) is 0 Å². The molecule has 1 rings (SSSR count). The lowest BCUT2D eigenvalue weighted by Gasteiger charge is -2.25. The lowest BCUT2D eigenvalue weighted by Crippen LogP contribution is -2.24. The van der Waals surface area contributed by atoms with Crippen molar-refractivity contribution in [2.45, 2.75) is 46.1 Å². The van der Waals surface area contributed by atoms with E-state index >= 15 is 0 Å². The predicted molar refractivity (Wildman–Crippen MR) is 75.4 cm³/mol. The van der Waals surface area contributed by atoms with Crippen molar-refractivity contribution in [1.29, 1.82) is 0 Å². The Kier molecular flexibility index (Phi) is 5.62. The second-order valence-corrected chi connectivity index (χ2v) is 6.61. The maximum absolute atomic E-state index is 11.1. The lowest BCUT2D eigenvalue weighted by molar-refractivity contribution is -0.138. The summed E-state index contributed by atoms with van der Waals surface area (Å²) in [5.41, 5.74) is 0.0187. The van der Waals surface area contributed by atoms with Crippen molar-refractivity contribution in [3.05, 3.63) is 5.82 Å². The second kappa shape index (κ2) is 6.78. The van der Waals surface area contributed by atoms with Crippen LogP contribution in [-0.2, 0) is 11.2 Å². The standard InChI is InChI=1S/C13H25N5O2/c1-13(2,3)9-10(8-12(19)20)18-11(14-15-16-18)6-7-17(4)5/h10H,6-9H2,1-5H3,(H,19,20). The fraction of sp³-hybridized carbons (Fsp3) is 0.846. The molecule has 0 aliphatic carbocycles. The number of carboxylic acid groups (broad SMARTS) is 1. The van der Waals surface area contributed by atoms with Gasteiger partial charge >= 0.3 is 5.97 Å². The van der Waals surface area contributed by atoms with Crippen LogP contribution in [0, 0.1) is 5.41 Å². The Hall–Kier alpha value is -1.50. The van der Waals surface area contributed by atoms with Gasteiger partial charge in [-0.1, -0.05) is 20.8 Å². The Morgan fingerprint density at radius 1 is 1.40 bits per heavy atom. The number of nitrogens with zero attached hydrogens (tertiary/aromatic N) is 5. The minimum Gasteiger partial charge on any atom is -0.481 e. The number of hydrogen-bond donors (Lipinski definition) is 1. The summed E-state index contributed by atoms with van der Waals surface area (Å²) < 4.78 is 1.68. The SMILES string of the molecule is CN(C)CCc1nnnn1C(CC(=O)O)CC(C)(C)C. The first kappa shape index (κ1) is 16.6. The summed E-state index contributed by atoms with van der Waals surface area (Å²) in [5.74, 6) is -0.0810. The molecule has 1 N–H and O–H groups in total. The first-order valence-corrected chi connectivity index (χ1v) is 6.82. The summed E-state index contributed by atoms with van der Waals surface area (Å²) in [4.78, 5) is 13.1. The van der Waals surface area contributed by atoms with E-state index in [4.69, 9.17) is 5.11 Å². The number of carboxylic acids is 1. The molecule has 0 spiro atoms. The Morgan fingerprint density at radius 2 is 2.05 bits per heavy atom. The Morgan fingerprint density at radius 3 is 2.55 bits per heavy atom. The lowest BCUT2D eigenvalue weighted by atomic mass is 9.87. The van der Waals surface area contributed by atoms with Crippen LogP contribution in [0.2, 0.25) is 0 Å². The van der Waals surface area contributed by atoms with Gasteiger partial charge in [0, 0.05) is 13.0 Å². The van der Waals surface area contributed by atoms with Gasteiger partial charge in [0.25, 0.3) is 0 Å². The summed E-state index contributed by atoms with van der Waals surface area (Å²) >= 11 is 0. The predicted octanol–water partition coefficient (Wildman–Crippen LogP) is 1.23. The van der Waals surface area contributed by atoms with Crippen LogP contribution in [0.25, 0.3) is 0 Å². The van der Waals surface area contributed by atoms with Crippen LogP contribution in [-0.4, -0.2) is 56.8 Å². The largest absolute Gasteiger partial charge is 0.481 e. The number of likely N-dealkylation sites (N-methyl/N-ethyl adjacent to an activating group) is 1.